The van der Waals surface area contributed by atoms with Crippen molar-refractivity contribution in [1.82, 2.24) is 5.32 Å². The third kappa shape index (κ3) is 3.55. The fraction of sp³-hybridized carbons (Fsp3) is 1.00. The molecule has 72 valence electrons. The van der Waals surface area contributed by atoms with Crippen LogP contribution in [-0.4, -0.2) is 25.8 Å². The Hall–Kier alpha value is -0.0800. The lowest BCUT2D eigenvalue weighted by Gasteiger charge is -2.03. The van der Waals surface area contributed by atoms with Gasteiger partial charge in [-0.25, -0.2) is 0 Å². The largest absolute Gasteiger partial charge is 0.380 e. The highest BCUT2D eigenvalue weighted by molar-refractivity contribution is 4.91. The summed E-state index contributed by atoms with van der Waals surface area (Å²) in [6, 6.07) is 0.806. The fourth-order valence-electron chi connectivity index (χ4n) is 1.51. The number of rotatable bonds is 7. The Morgan fingerprint density at radius 2 is 2.17 bits per heavy atom. The average molecular weight is 171 g/mol. The van der Waals surface area contributed by atoms with E-state index in [1.165, 1.54) is 12.8 Å². The van der Waals surface area contributed by atoms with Gasteiger partial charge in [-0.3, -0.25) is 0 Å². The van der Waals surface area contributed by atoms with Crippen LogP contribution in [0.2, 0.25) is 0 Å². The second-order valence-corrected chi connectivity index (χ2v) is 3.58. The van der Waals surface area contributed by atoms with E-state index in [2.05, 4.69) is 19.2 Å². The van der Waals surface area contributed by atoms with Crippen molar-refractivity contribution in [3.63, 3.8) is 0 Å². The normalized spacial score (nSPS) is 27.5. The summed E-state index contributed by atoms with van der Waals surface area (Å²) in [5, 5.41) is 3.49. The van der Waals surface area contributed by atoms with Crippen molar-refractivity contribution in [2.24, 2.45) is 5.92 Å². The van der Waals surface area contributed by atoms with Gasteiger partial charge in [-0.1, -0.05) is 20.3 Å². The minimum atomic E-state index is 0.806. The van der Waals surface area contributed by atoms with Gasteiger partial charge in [0.2, 0.25) is 0 Å². The Bertz CT molecular complexity index is 116. The van der Waals surface area contributed by atoms with E-state index in [1.54, 1.807) is 0 Å². The quantitative estimate of drug-likeness (QED) is 0.590. The first-order valence-electron chi connectivity index (χ1n) is 5.19. The zero-order chi connectivity index (χ0) is 8.81. The molecule has 2 nitrogen and oxygen atoms in total. The van der Waals surface area contributed by atoms with Crippen LogP contribution < -0.4 is 5.32 Å². The molecule has 1 aliphatic rings. The van der Waals surface area contributed by atoms with Crippen molar-refractivity contribution in [1.29, 1.82) is 0 Å². The van der Waals surface area contributed by atoms with Crippen LogP contribution in [0.4, 0.5) is 0 Å². The molecule has 2 heteroatoms. The van der Waals surface area contributed by atoms with Crippen LogP contribution in [0.3, 0.4) is 0 Å². The molecule has 0 amide bonds. The molecule has 1 N–H and O–H groups in total. The maximum atomic E-state index is 5.37. The Balaban J connectivity index is 1.78. The molecular weight excluding hydrogens is 150 g/mol. The van der Waals surface area contributed by atoms with E-state index in [1.807, 2.05) is 0 Å². The van der Waals surface area contributed by atoms with E-state index in [9.17, 15) is 0 Å². The summed E-state index contributed by atoms with van der Waals surface area (Å²) in [6.07, 6.45) is 3.83. The Morgan fingerprint density at radius 3 is 2.75 bits per heavy atom. The van der Waals surface area contributed by atoms with Gasteiger partial charge in [-0.2, -0.15) is 0 Å². The molecule has 0 bridgehead atoms. The predicted molar refractivity (Wildman–Crippen MR) is 51.3 cm³/mol. The van der Waals surface area contributed by atoms with Crippen LogP contribution in [0.15, 0.2) is 0 Å². The molecule has 12 heavy (non-hydrogen) atoms. The molecule has 1 rings (SSSR count). The molecule has 0 heterocycles. The summed E-state index contributed by atoms with van der Waals surface area (Å²) in [6.45, 7) is 7.22. The molecule has 2 atom stereocenters. The summed E-state index contributed by atoms with van der Waals surface area (Å²) < 4.78 is 5.37. The minimum absolute atomic E-state index is 0.806. The maximum Gasteiger partial charge on any atom is 0.0590 e. The third-order valence-corrected chi connectivity index (χ3v) is 2.45. The van der Waals surface area contributed by atoms with Crippen LogP contribution in [0.25, 0.3) is 0 Å². The molecule has 0 aliphatic heterocycles. The van der Waals surface area contributed by atoms with Crippen molar-refractivity contribution in [2.75, 3.05) is 19.8 Å². The van der Waals surface area contributed by atoms with E-state index in [0.29, 0.717) is 0 Å². The first kappa shape index (κ1) is 10.0. The van der Waals surface area contributed by atoms with Crippen LogP contribution in [0, 0.1) is 5.92 Å². The van der Waals surface area contributed by atoms with E-state index < -0.39 is 0 Å². The van der Waals surface area contributed by atoms with Crippen LogP contribution in [0.5, 0.6) is 0 Å². The Morgan fingerprint density at radius 1 is 1.33 bits per heavy atom. The van der Waals surface area contributed by atoms with Crippen LogP contribution >= 0.6 is 0 Å². The Kier molecular flexibility index (Phi) is 4.62. The van der Waals surface area contributed by atoms with Crippen molar-refractivity contribution in [3.05, 3.63) is 0 Å². The van der Waals surface area contributed by atoms with Crippen molar-refractivity contribution >= 4 is 0 Å². The topological polar surface area (TPSA) is 21.3 Å². The van der Waals surface area contributed by atoms with Crippen LogP contribution in [-0.2, 0) is 4.74 Å². The second-order valence-electron chi connectivity index (χ2n) is 3.58. The molecule has 0 radical (unpaired) electrons. The van der Waals surface area contributed by atoms with Crippen molar-refractivity contribution in [2.45, 2.75) is 39.2 Å². The number of hydrogen-bond acceptors (Lipinski definition) is 2. The number of nitrogens with one attached hydrogen (secondary N) is 1. The van der Waals surface area contributed by atoms with Gasteiger partial charge in [0.25, 0.3) is 0 Å². The van der Waals surface area contributed by atoms with Crippen molar-refractivity contribution < 1.29 is 4.74 Å². The predicted octanol–water partition coefficient (Wildman–Crippen LogP) is 1.80. The van der Waals surface area contributed by atoms with E-state index in [-0.39, 0.29) is 0 Å². The van der Waals surface area contributed by atoms with Gasteiger partial charge in [0, 0.05) is 19.2 Å². The second kappa shape index (κ2) is 5.55. The smallest absolute Gasteiger partial charge is 0.0590 e. The molecule has 2 unspecified atom stereocenters. The van der Waals surface area contributed by atoms with Gasteiger partial charge in [0.15, 0.2) is 0 Å². The van der Waals surface area contributed by atoms with Gasteiger partial charge >= 0.3 is 0 Å². The van der Waals surface area contributed by atoms with Crippen molar-refractivity contribution in [3.8, 4) is 0 Å². The zero-order valence-electron chi connectivity index (χ0n) is 8.31. The third-order valence-electron chi connectivity index (χ3n) is 2.45. The van der Waals surface area contributed by atoms with Gasteiger partial charge in [-0.15, -0.1) is 0 Å². The average Bonchev–Trinajstić information content (AvgIpc) is 2.83. The molecule has 0 aromatic heterocycles. The highest BCUT2D eigenvalue weighted by Gasteiger charge is 2.34. The van der Waals surface area contributed by atoms with E-state index in [4.69, 9.17) is 4.74 Å². The molecule has 1 aliphatic carbocycles. The SMILES string of the molecule is CCCOCCNC1CC1CC. The molecular formula is C10H21NO. The molecule has 0 saturated heterocycles. The standard InChI is InChI=1S/C10H21NO/c1-3-6-12-7-5-11-10-8-9(10)4-2/h9-11H,3-8H2,1-2H3. The highest BCUT2D eigenvalue weighted by atomic mass is 16.5. The highest BCUT2D eigenvalue weighted by Crippen LogP contribution is 2.32. The van der Waals surface area contributed by atoms with E-state index in [0.717, 1.165) is 38.1 Å². The summed E-state index contributed by atoms with van der Waals surface area (Å²) in [4.78, 5) is 0. The lowest BCUT2D eigenvalue weighted by atomic mass is 10.3. The fourth-order valence-corrected chi connectivity index (χ4v) is 1.51. The molecule has 1 saturated carbocycles. The number of ether oxygens (including phenoxy) is 1. The lowest BCUT2D eigenvalue weighted by molar-refractivity contribution is 0.136. The summed E-state index contributed by atoms with van der Waals surface area (Å²) in [5.74, 6) is 0.955. The minimum Gasteiger partial charge on any atom is -0.380 e. The van der Waals surface area contributed by atoms with Gasteiger partial charge in [0.05, 0.1) is 6.61 Å². The maximum absolute atomic E-state index is 5.37. The van der Waals surface area contributed by atoms with E-state index >= 15 is 0 Å². The zero-order valence-corrected chi connectivity index (χ0v) is 8.31. The molecule has 0 spiro atoms. The molecule has 1 fully saturated rings. The van der Waals surface area contributed by atoms with Gasteiger partial charge in [-0.05, 0) is 18.8 Å². The first-order valence-corrected chi connectivity index (χ1v) is 5.19. The molecule has 0 aromatic rings. The van der Waals surface area contributed by atoms with Crippen LogP contribution in [0.1, 0.15) is 33.1 Å². The van der Waals surface area contributed by atoms with Gasteiger partial charge < -0.3 is 10.1 Å². The monoisotopic (exact) mass is 171 g/mol. The van der Waals surface area contributed by atoms with Gasteiger partial charge in [0.1, 0.15) is 0 Å². The molecule has 0 aromatic carbocycles. The summed E-state index contributed by atoms with van der Waals surface area (Å²) in [5.41, 5.74) is 0. The lowest BCUT2D eigenvalue weighted by Crippen LogP contribution is -2.23. The Labute approximate surface area is 75.7 Å². The summed E-state index contributed by atoms with van der Waals surface area (Å²) in [7, 11) is 0. The number of hydrogen-bond donors (Lipinski definition) is 1. The first-order chi connectivity index (χ1) is 5.88. The summed E-state index contributed by atoms with van der Waals surface area (Å²) >= 11 is 0.